The highest BCUT2D eigenvalue weighted by Gasteiger charge is 2.17. The van der Waals surface area contributed by atoms with Gasteiger partial charge in [0.05, 0.1) is 16.3 Å². The summed E-state index contributed by atoms with van der Waals surface area (Å²) in [6, 6.07) is 10.1. The van der Waals surface area contributed by atoms with Gasteiger partial charge in [-0.2, -0.15) is 0 Å². The maximum absolute atomic E-state index is 14.7. The van der Waals surface area contributed by atoms with E-state index >= 15 is 0 Å². The fourth-order valence-electron chi connectivity index (χ4n) is 2.88. The SMILES string of the molecule is Cc1cc2c(-c3ccc(NS(=O)(=O)c4ccc(F)cc4)cc3F)ncnc2[nH]1. The standard InChI is InChI=1S/C19H14F2N4O2S/c1-11-8-16-18(22-10-23-19(16)24-11)15-7-4-13(9-17(15)21)25-28(26,27)14-5-2-12(20)3-6-14/h2-10,25H,1H3,(H,22,23,24). The fourth-order valence-corrected chi connectivity index (χ4v) is 3.93. The van der Waals surface area contributed by atoms with Crippen LogP contribution in [0, 0.1) is 18.6 Å². The van der Waals surface area contributed by atoms with Gasteiger partial charge in [-0.1, -0.05) is 0 Å². The number of aryl methyl sites for hydroxylation is 1. The maximum Gasteiger partial charge on any atom is 0.261 e. The summed E-state index contributed by atoms with van der Waals surface area (Å²) in [5, 5.41) is 0.665. The Morgan fingerprint density at radius 1 is 1.00 bits per heavy atom. The Morgan fingerprint density at radius 3 is 2.46 bits per heavy atom. The van der Waals surface area contributed by atoms with Crippen molar-refractivity contribution in [1.29, 1.82) is 0 Å². The molecule has 0 spiro atoms. The van der Waals surface area contributed by atoms with E-state index in [1.165, 1.54) is 18.5 Å². The van der Waals surface area contributed by atoms with E-state index in [1.54, 1.807) is 0 Å². The second-order valence-electron chi connectivity index (χ2n) is 6.19. The van der Waals surface area contributed by atoms with E-state index < -0.39 is 21.7 Å². The van der Waals surface area contributed by atoms with Gasteiger partial charge in [0.1, 0.15) is 23.6 Å². The smallest absolute Gasteiger partial charge is 0.261 e. The van der Waals surface area contributed by atoms with Crippen LogP contribution in [-0.2, 0) is 10.0 Å². The Kier molecular flexibility index (Phi) is 4.31. The number of aromatic amines is 1. The largest absolute Gasteiger partial charge is 0.343 e. The van der Waals surface area contributed by atoms with Gasteiger partial charge < -0.3 is 4.98 Å². The summed E-state index contributed by atoms with van der Waals surface area (Å²) in [7, 11) is -3.97. The lowest BCUT2D eigenvalue weighted by atomic mass is 10.1. The molecule has 0 radical (unpaired) electrons. The molecule has 9 heteroatoms. The molecule has 0 aliphatic carbocycles. The van der Waals surface area contributed by atoms with Gasteiger partial charge in [-0.25, -0.2) is 27.2 Å². The highest BCUT2D eigenvalue weighted by atomic mass is 32.2. The first-order chi connectivity index (χ1) is 13.3. The number of nitrogens with one attached hydrogen (secondary N) is 2. The molecule has 0 aliphatic heterocycles. The number of H-pyrrole nitrogens is 1. The first-order valence-corrected chi connectivity index (χ1v) is 9.70. The van der Waals surface area contributed by atoms with E-state index in [0.717, 1.165) is 36.0 Å². The van der Waals surface area contributed by atoms with E-state index in [4.69, 9.17) is 0 Å². The number of benzene rings is 2. The second-order valence-corrected chi connectivity index (χ2v) is 7.87. The average Bonchev–Trinajstić information content (AvgIpc) is 3.02. The van der Waals surface area contributed by atoms with E-state index in [2.05, 4.69) is 19.7 Å². The molecule has 4 aromatic rings. The first-order valence-electron chi connectivity index (χ1n) is 8.22. The molecule has 2 heterocycles. The molecule has 0 saturated carbocycles. The third kappa shape index (κ3) is 3.31. The van der Waals surface area contributed by atoms with Gasteiger partial charge in [0.2, 0.25) is 0 Å². The van der Waals surface area contributed by atoms with Gasteiger partial charge in [-0.05, 0) is 55.5 Å². The van der Waals surface area contributed by atoms with Crippen molar-refractivity contribution in [3.8, 4) is 11.3 Å². The number of rotatable bonds is 4. The highest BCUT2D eigenvalue weighted by molar-refractivity contribution is 7.92. The third-order valence-electron chi connectivity index (χ3n) is 4.16. The number of aromatic nitrogens is 3. The summed E-state index contributed by atoms with van der Waals surface area (Å²) >= 11 is 0. The molecule has 2 aromatic heterocycles. The van der Waals surface area contributed by atoms with Crippen LogP contribution in [0.25, 0.3) is 22.3 Å². The number of fused-ring (bicyclic) bond motifs is 1. The quantitative estimate of drug-likeness (QED) is 0.542. The van der Waals surface area contributed by atoms with Crippen LogP contribution in [0.4, 0.5) is 14.5 Å². The van der Waals surface area contributed by atoms with Gasteiger partial charge in [-0.3, -0.25) is 4.72 Å². The first kappa shape index (κ1) is 18.1. The fraction of sp³-hybridized carbons (Fsp3) is 0.0526. The molecule has 0 unspecified atom stereocenters. The lowest BCUT2D eigenvalue weighted by Crippen LogP contribution is -2.13. The summed E-state index contributed by atoms with van der Waals surface area (Å²) in [4.78, 5) is 11.2. The Labute approximate surface area is 159 Å². The van der Waals surface area contributed by atoms with Crippen molar-refractivity contribution < 1.29 is 17.2 Å². The predicted molar refractivity (Wildman–Crippen MR) is 101 cm³/mol. The number of halogens is 2. The van der Waals surface area contributed by atoms with Crippen molar-refractivity contribution in [2.75, 3.05) is 4.72 Å². The van der Waals surface area contributed by atoms with Gasteiger partial charge in [0, 0.05) is 16.6 Å². The van der Waals surface area contributed by atoms with Gasteiger partial charge in [0.25, 0.3) is 10.0 Å². The molecule has 4 rings (SSSR count). The van der Waals surface area contributed by atoms with Crippen LogP contribution in [-0.4, -0.2) is 23.4 Å². The van der Waals surface area contributed by atoms with Crippen molar-refractivity contribution >= 4 is 26.7 Å². The Balaban J connectivity index is 1.69. The minimum Gasteiger partial charge on any atom is -0.343 e. The van der Waals surface area contributed by atoms with Gasteiger partial charge in [-0.15, -0.1) is 0 Å². The zero-order valence-electron chi connectivity index (χ0n) is 14.6. The second kappa shape index (κ2) is 6.68. The molecule has 0 fully saturated rings. The minimum atomic E-state index is -3.97. The highest BCUT2D eigenvalue weighted by Crippen LogP contribution is 2.30. The molecule has 2 N–H and O–H groups in total. The summed E-state index contributed by atoms with van der Waals surface area (Å²) in [5.74, 6) is -1.19. The molecule has 142 valence electrons. The number of hydrogen-bond donors (Lipinski definition) is 2. The molecule has 0 bridgehead atoms. The zero-order valence-corrected chi connectivity index (χ0v) is 15.4. The Morgan fingerprint density at radius 2 is 1.75 bits per heavy atom. The number of hydrogen-bond acceptors (Lipinski definition) is 4. The summed E-state index contributed by atoms with van der Waals surface area (Å²) in [5.41, 5.74) is 2.11. The van der Waals surface area contributed by atoms with Crippen LogP contribution in [0.2, 0.25) is 0 Å². The van der Waals surface area contributed by atoms with E-state index in [1.807, 2.05) is 13.0 Å². The van der Waals surface area contributed by atoms with Crippen LogP contribution in [0.15, 0.2) is 59.8 Å². The van der Waals surface area contributed by atoms with E-state index in [0.29, 0.717) is 16.7 Å². The summed E-state index contributed by atoms with van der Waals surface area (Å²) < 4.78 is 54.8. The van der Waals surface area contributed by atoms with Gasteiger partial charge >= 0.3 is 0 Å². The molecule has 0 amide bonds. The molecular formula is C19H14F2N4O2S. The van der Waals surface area contributed by atoms with Crippen molar-refractivity contribution in [2.45, 2.75) is 11.8 Å². The average molecular weight is 400 g/mol. The molecule has 2 aromatic carbocycles. The number of anilines is 1. The molecule has 28 heavy (non-hydrogen) atoms. The monoisotopic (exact) mass is 400 g/mol. The minimum absolute atomic E-state index is 0.0427. The summed E-state index contributed by atoms with van der Waals surface area (Å²) in [6.07, 6.45) is 1.33. The van der Waals surface area contributed by atoms with Crippen LogP contribution in [0.3, 0.4) is 0 Å². The lowest BCUT2D eigenvalue weighted by Gasteiger charge is -2.10. The van der Waals surface area contributed by atoms with Crippen LogP contribution >= 0.6 is 0 Å². The van der Waals surface area contributed by atoms with Crippen molar-refractivity contribution in [1.82, 2.24) is 15.0 Å². The van der Waals surface area contributed by atoms with E-state index in [9.17, 15) is 17.2 Å². The molecular weight excluding hydrogens is 386 g/mol. The summed E-state index contributed by atoms with van der Waals surface area (Å²) in [6.45, 7) is 1.86. The van der Waals surface area contributed by atoms with Crippen molar-refractivity contribution in [3.05, 3.63) is 72.2 Å². The van der Waals surface area contributed by atoms with Gasteiger partial charge in [0.15, 0.2) is 0 Å². The topological polar surface area (TPSA) is 87.7 Å². The zero-order chi connectivity index (χ0) is 19.9. The van der Waals surface area contributed by atoms with Crippen LogP contribution in [0.1, 0.15) is 5.69 Å². The van der Waals surface area contributed by atoms with Crippen LogP contribution in [0.5, 0.6) is 0 Å². The Bertz CT molecular complexity index is 1290. The maximum atomic E-state index is 14.7. The van der Waals surface area contributed by atoms with Crippen LogP contribution < -0.4 is 4.72 Å². The normalized spacial score (nSPS) is 11.7. The third-order valence-corrected chi connectivity index (χ3v) is 5.56. The number of nitrogens with zero attached hydrogens (tertiary/aromatic N) is 2. The Hall–Kier alpha value is -3.33. The van der Waals surface area contributed by atoms with E-state index in [-0.39, 0.29) is 16.1 Å². The number of sulfonamides is 1. The van der Waals surface area contributed by atoms with Crippen molar-refractivity contribution in [3.63, 3.8) is 0 Å². The molecule has 0 aliphatic rings. The molecule has 0 saturated heterocycles. The predicted octanol–water partition coefficient (Wildman–Crippen LogP) is 4.01. The van der Waals surface area contributed by atoms with Crippen molar-refractivity contribution in [2.24, 2.45) is 0 Å². The molecule has 6 nitrogen and oxygen atoms in total. The lowest BCUT2D eigenvalue weighted by molar-refractivity contribution is 0.599. The molecule has 0 atom stereocenters.